The number of pyridine rings is 1. The Hall–Kier alpha value is -0.190. The Bertz CT molecular complexity index is 281. The van der Waals surface area contributed by atoms with E-state index in [0.717, 1.165) is 24.3 Å². The Morgan fingerprint density at radius 1 is 1.36 bits per heavy atom. The summed E-state index contributed by atoms with van der Waals surface area (Å²) >= 11 is 0. The second-order valence-corrected chi connectivity index (χ2v) is 5.84. The molecular weight excluding hydrogens is 214 g/mol. The van der Waals surface area contributed by atoms with E-state index in [1.54, 1.807) is 27.8 Å². The minimum atomic E-state index is -0.115. The highest BCUT2D eigenvalue weighted by atomic mass is 33.1. The molecule has 1 aliphatic rings. The summed E-state index contributed by atoms with van der Waals surface area (Å²) in [4.78, 5) is 4.23. The highest BCUT2D eigenvalue weighted by molar-refractivity contribution is 8.76. The summed E-state index contributed by atoms with van der Waals surface area (Å²) in [7, 11) is 3.42. The largest absolute Gasteiger partial charge is 0.392 e. The summed E-state index contributed by atoms with van der Waals surface area (Å²) in [5, 5.41) is 11.0. The molecule has 1 aromatic heterocycles. The summed E-state index contributed by atoms with van der Waals surface area (Å²) in [5.41, 5.74) is 0. The van der Waals surface area contributed by atoms with Crippen LogP contribution in [-0.4, -0.2) is 21.4 Å². The first kappa shape index (κ1) is 10.3. The van der Waals surface area contributed by atoms with Gasteiger partial charge in [-0.1, -0.05) is 16.9 Å². The molecular formula is C10H13NOS2. The van der Waals surface area contributed by atoms with Crippen molar-refractivity contribution >= 4 is 21.6 Å². The van der Waals surface area contributed by atoms with Gasteiger partial charge in [0.1, 0.15) is 5.03 Å². The van der Waals surface area contributed by atoms with Gasteiger partial charge in [0.2, 0.25) is 0 Å². The van der Waals surface area contributed by atoms with Crippen molar-refractivity contribution in [2.75, 3.05) is 0 Å². The predicted octanol–water partition coefficient (Wildman–Crippen LogP) is 2.74. The molecule has 2 atom stereocenters. The first-order valence-corrected chi connectivity index (χ1v) is 7.00. The van der Waals surface area contributed by atoms with Crippen LogP contribution in [0.5, 0.6) is 0 Å². The third-order valence-electron chi connectivity index (χ3n) is 2.31. The van der Waals surface area contributed by atoms with E-state index in [2.05, 4.69) is 4.98 Å². The Kier molecular flexibility index (Phi) is 3.73. The van der Waals surface area contributed by atoms with Gasteiger partial charge in [0.25, 0.3) is 0 Å². The van der Waals surface area contributed by atoms with Gasteiger partial charge in [-0.3, -0.25) is 0 Å². The van der Waals surface area contributed by atoms with Gasteiger partial charge in [-0.05, 0) is 42.2 Å². The van der Waals surface area contributed by atoms with E-state index in [4.69, 9.17) is 0 Å². The Morgan fingerprint density at radius 2 is 2.29 bits per heavy atom. The van der Waals surface area contributed by atoms with Crippen molar-refractivity contribution in [1.29, 1.82) is 0 Å². The summed E-state index contributed by atoms with van der Waals surface area (Å²) in [6.07, 6.45) is 4.93. The molecule has 0 radical (unpaired) electrons. The number of rotatable bonds is 3. The zero-order valence-electron chi connectivity index (χ0n) is 7.80. The maximum absolute atomic E-state index is 9.61. The minimum Gasteiger partial charge on any atom is -0.392 e. The highest BCUT2D eigenvalue weighted by Gasteiger charge is 2.25. The Balaban J connectivity index is 1.82. The first-order valence-electron chi connectivity index (χ1n) is 4.79. The third kappa shape index (κ3) is 2.65. The number of hydrogen-bond acceptors (Lipinski definition) is 4. The van der Waals surface area contributed by atoms with Gasteiger partial charge in [0.05, 0.1) is 6.10 Å². The zero-order chi connectivity index (χ0) is 9.80. The van der Waals surface area contributed by atoms with Gasteiger partial charge in [-0.15, -0.1) is 0 Å². The van der Waals surface area contributed by atoms with Gasteiger partial charge in [-0.25, -0.2) is 4.98 Å². The number of aromatic nitrogens is 1. The summed E-state index contributed by atoms with van der Waals surface area (Å²) in [6, 6.07) is 5.90. The van der Waals surface area contributed by atoms with Gasteiger partial charge < -0.3 is 5.11 Å². The van der Waals surface area contributed by atoms with Crippen LogP contribution in [0.3, 0.4) is 0 Å². The molecule has 1 fully saturated rings. The molecule has 1 aromatic rings. The molecule has 1 heterocycles. The molecule has 2 rings (SSSR count). The average Bonchev–Trinajstić information content (AvgIpc) is 2.63. The van der Waals surface area contributed by atoms with Crippen molar-refractivity contribution in [3.8, 4) is 0 Å². The molecule has 0 spiro atoms. The van der Waals surface area contributed by atoms with E-state index in [1.165, 1.54) is 0 Å². The van der Waals surface area contributed by atoms with E-state index in [1.807, 2.05) is 18.2 Å². The fourth-order valence-corrected chi connectivity index (χ4v) is 4.15. The molecule has 76 valence electrons. The van der Waals surface area contributed by atoms with Crippen LogP contribution in [0.25, 0.3) is 0 Å². The van der Waals surface area contributed by atoms with Crippen molar-refractivity contribution in [2.45, 2.75) is 35.6 Å². The molecule has 0 aliphatic heterocycles. The number of aliphatic hydroxyl groups excluding tert-OH is 1. The minimum absolute atomic E-state index is 0.115. The Labute approximate surface area is 91.9 Å². The fraction of sp³-hybridized carbons (Fsp3) is 0.500. The maximum Gasteiger partial charge on any atom is 0.106 e. The van der Waals surface area contributed by atoms with Gasteiger partial charge >= 0.3 is 0 Å². The zero-order valence-corrected chi connectivity index (χ0v) is 9.43. The second kappa shape index (κ2) is 5.05. The molecule has 0 saturated heterocycles. The monoisotopic (exact) mass is 227 g/mol. The molecule has 0 amide bonds. The van der Waals surface area contributed by atoms with Crippen LogP contribution in [0.1, 0.15) is 19.3 Å². The third-order valence-corrected chi connectivity index (χ3v) is 5.16. The Morgan fingerprint density at radius 3 is 2.93 bits per heavy atom. The highest BCUT2D eigenvalue weighted by Crippen LogP contribution is 2.40. The first-order chi connectivity index (χ1) is 6.86. The lowest BCUT2D eigenvalue weighted by molar-refractivity contribution is 0.188. The molecule has 1 saturated carbocycles. The smallest absolute Gasteiger partial charge is 0.106 e. The van der Waals surface area contributed by atoms with Crippen molar-refractivity contribution in [1.82, 2.24) is 4.98 Å². The maximum atomic E-state index is 9.61. The SMILES string of the molecule is O[C@H]1CCC[C@@H]1SSc1ccccn1. The summed E-state index contributed by atoms with van der Waals surface area (Å²) < 4.78 is 0. The molecule has 14 heavy (non-hydrogen) atoms. The standard InChI is InChI=1S/C10H13NOS2/c12-8-4-3-5-9(8)13-14-10-6-1-2-7-11-10/h1-2,6-9,12H,3-5H2/t8-,9-/m0/s1. The van der Waals surface area contributed by atoms with E-state index in [9.17, 15) is 5.11 Å². The average molecular weight is 227 g/mol. The van der Waals surface area contributed by atoms with Crippen molar-refractivity contribution in [3.05, 3.63) is 24.4 Å². The molecule has 0 aromatic carbocycles. The number of nitrogens with zero attached hydrogens (tertiary/aromatic N) is 1. The van der Waals surface area contributed by atoms with Crippen LogP contribution in [0.2, 0.25) is 0 Å². The number of hydrogen-bond donors (Lipinski definition) is 1. The quantitative estimate of drug-likeness (QED) is 0.805. The van der Waals surface area contributed by atoms with Crippen molar-refractivity contribution in [3.63, 3.8) is 0 Å². The van der Waals surface area contributed by atoms with Crippen molar-refractivity contribution < 1.29 is 5.11 Å². The molecule has 4 heteroatoms. The van der Waals surface area contributed by atoms with E-state index in [0.29, 0.717) is 5.25 Å². The van der Waals surface area contributed by atoms with Crippen LogP contribution in [0.4, 0.5) is 0 Å². The van der Waals surface area contributed by atoms with E-state index in [-0.39, 0.29) is 6.10 Å². The van der Waals surface area contributed by atoms with Crippen LogP contribution < -0.4 is 0 Å². The topological polar surface area (TPSA) is 33.1 Å². The normalized spacial score (nSPS) is 26.6. The fourth-order valence-electron chi connectivity index (χ4n) is 1.53. The van der Waals surface area contributed by atoms with Gasteiger partial charge in [-0.2, -0.15) is 0 Å². The molecule has 1 aliphatic carbocycles. The molecule has 0 unspecified atom stereocenters. The van der Waals surface area contributed by atoms with Crippen LogP contribution in [0.15, 0.2) is 29.4 Å². The van der Waals surface area contributed by atoms with E-state index >= 15 is 0 Å². The van der Waals surface area contributed by atoms with E-state index < -0.39 is 0 Å². The van der Waals surface area contributed by atoms with Crippen molar-refractivity contribution in [2.24, 2.45) is 0 Å². The van der Waals surface area contributed by atoms with Crippen LogP contribution in [0, 0.1) is 0 Å². The second-order valence-electron chi connectivity index (χ2n) is 3.38. The van der Waals surface area contributed by atoms with Gasteiger partial charge in [0, 0.05) is 11.4 Å². The molecule has 0 bridgehead atoms. The van der Waals surface area contributed by atoms with Gasteiger partial charge in [0.15, 0.2) is 0 Å². The lowest BCUT2D eigenvalue weighted by atomic mass is 10.3. The predicted molar refractivity (Wildman–Crippen MR) is 61.3 cm³/mol. The lowest BCUT2D eigenvalue weighted by Crippen LogP contribution is -2.13. The van der Waals surface area contributed by atoms with Crippen LogP contribution >= 0.6 is 21.6 Å². The lowest BCUT2D eigenvalue weighted by Gasteiger charge is -2.11. The summed E-state index contributed by atoms with van der Waals surface area (Å²) in [6.45, 7) is 0. The summed E-state index contributed by atoms with van der Waals surface area (Å²) in [5.74, 6) is 0. The molecule has 1 N–H and O–H groups in total. The number of aliphatic hydroxyl groups is 1. The molecule has 2 nitrogen and oxygen atoms in total. The van der Waals surface area contributed by atoms with Crippen LogP contribution in [-0.2, 0) is 0 Å².